The van der Waals surface area contributed by atoms with E-state index in [-0.39, 0.29) is 21.4 Å². The first-order chi connectivity index (χ1) is 9.70. The Morgan fingerprint density at radius 2 is 1.57 bits per heavy atom. The van der Waals surface area contributed by atoms with Gasteiger partial charge in [0.25, 0.3) is 10.0 Å². The number of nitrogens with two attached hydrogens (primary N) is 1. The van der Waals surface area contributed by atoms with E-state index in [1.807, 2.05) is 0 Å². The monoisotopic (exact) mass is 352 g/mol. The maximum Gasteiger partial charge on any atom is 0.264 e. The molecule has 2 aromatic carbocycles. The van der Waals surface area contributed by atoms with Crippen molar-refractivity contribution in [3.8, 4) is 0 Å². The first-order valence-electron chi connectivity index (χ1n) is 5.43. The highest BCUT2D eigenvalue weighted by Gasteiger charge is 2.21. The molecule has 2 aromatic rings. The lowest BCUT2D eigenvalue weighted by Crippen LogP contribution is -2.15. The zero-order valence-electron chi connectivity index (χ0n) is 10.2. The Balaban J connectivity index is 2.50. The highest BCUT2D eigenvalue weighted by atomic mass is 35.5. The molecule has 0 amide bonds. The minimum Gasteiger partial charge on any atom is -0.398 e. The van der Waals surface area contributed by atoms with E-state index in [4.69, 9.17) is 28.9 Å². The van der Waals surface area contributed by atoms with Gasteiger partial charge in [0.15, 0.2) is 0 Å². The Morgan fingerprint density at radius 3 is 2.14 bits per heavy atom. The molecule has 2 rings (SSSR count). The van der Waals surface area contributed by atoms with Gasteiger partial charge in [0.1, 0.15) is 16.5 Å². The summed E-state index contributed by atoms with van der Waals surface area (Å²) in [5.74, 6) is -1.50. The molecule has 0 aliphatic rings. The lowest BCUT2D eigenvalue weighted by Gasteiger charge is -2.13. The van der Waals surface area contributed by atoms with Crippen molar-refractivity contribution in [1.82, 2.24) is 0 Å². The largest absolute Gasteiger partial charge is 0.398 e. The Morgan fingerprint density at radius 1 is 1.00 bits per heavy atom. The van der Waals surface area contributed by atoms with E-state index in [1.54, 1.807) is 0 Å². The van der Waals surface area contributed by atoms with Crippen LogP contribution in [-0.4, -0.2) is 8.42 Å². The van der Waals surface area contributed by atoms with Crippen molar-refractivity contribution in [2.24, 2.45) is 0 Å². The molecule has 9 heteroatoms. The summed E-state index contributed by atoms with van der Waals surface area (Å²) in [5, 5.41) is -0.475. The number of hydrogen-bond donors (Lipinski definition) is 2. The number of hydrogen-bond acceptors (Lipinski definition) is 3. The van der Waals surface area contributed by atoms with E-state index in [0.717, 1.165) is 30.3 Å². The molecule has 0 aliphatic carbocycles. The standard InChI is InChI=1S/C12H8Cl2F2N2O2S/c13-8-3-7(16)4-9(14)12(8)18-21(19,20)11-5-6(15)1-2-10(11)17/h1-5,18H,17H2. The molecular weight excluding hydrogens is 345 g/mol. The number of nitrogen functional groups attached to an aromatic ring is 1. The van der Waals surface area contributed by atoms with Gasteiger partial charge >= 0.3 is 0 Å². The highest BCUT2D eigenvalue weighted by molar-refractivity contribution is 7.93. The Labute approximate surface area is 129 Å². The van der Waals surface area contributed by atoms with Crippen LogP contribution in [0.2, 0.25) is 10.0 Å². The van der Waals surface area contributed by atoms with Crippen LogP contribution in [0.3, 0.4) is 0 Å². The number of benzene rings is 2. The van der Waals surface area contributed by atoms with Crippen molar-refractivity contribution in [3.63, 3.8) is 0 Å². The third-order valence-electron chi connectivity index (χ3n) is 2.51. The van der Waals surface area contributed by atoms with Gasteiger partial charge in [-0.25, -0.2) is 17.2 Å². The molecule has 0 aliphatic heterocycles. The quantitative estimate of drug-likeness (QED) is 0.828. The van der Waals surface area contributed by atoms with Gasteiger partial charge < -0.3 is 5.73 Å². The van der Waals surface area contributed by atoms with E-state index < -0.39 is 26.6 Å². The molecule has 0 aromatic heterocycles. The van der Waals surface area contributed by atoms with Crippen molar-refractivity contribution in [3.05, 3.63) is 52.0 Å². The van der Waals surface area contributed by atoms with Gasteiger partial charge in [-0.05, 0) is 30.3 Å². The minimum atomic E-state index is -4.23. The normalized spacial score (nSPS) is 11.4. The average Bonchev–Trinajstić information content (AvgIpc) is 2.36. The maximum atomic E-state index is 13.2. The summed E-state index contributed by atoms with van der Waals surface area (Å²) >= 11 is 11.5. The SMILES string of the molecule is Nc1ccc(F)cc1S(=O)(=O)Nc1c(Cl)cc(F)cc1Cl. The van der Waals surface area contributed by atoms with E-state index >= 15 is 0 Å². The topological polar surface area (TPSA) is 72.2 Å². The molecule has 0 fully saturated rings. The lowest BCUT2D eigenvalue weighted by atomic mass is 10.3. The summed E-state index contributed by atoms with van der Waals surface area (Å²) in [6, 6.07) is 4.66. The number of nitrogens with one attached hydrogen (secondary N) is 1. The van der Waals surface area contributed by atoms with E-state index in [1.165, 1.54) is 0 Å². The molecule has 0 spiro atoms. The summed E-state index contributed by atoms with van der Waals surface area (Å²) in [4.78, 5) is -0.473. The van der Waals surface area contributed by atoms with Gasteiger partial charge in [0, 0.05) is 0 Å². The van der Waals surface area contributed by atoms with Gasteiger partial charge in [0.2, 0.25) is 0 Å². The van der Waals surface area contributed by atoms with E-state index in [9.17, 15) is 17.2 Å². The molecule has 112 valence electrons. The summed E-state index contributed by atoms with van der Waals surface area (Å²) in [6.07, 6.45) is 0. The summed E-state index contributed by atoms with van der Waals surface area (Å²) in [6.45, 7) is 0. The Bertz CT molecular complexity index is 790. The summed E-state index contributed by atoms with van der Waals surface area (Å²) in [5.41, 5.74) is 5.14. The maximum absolute atomic E-state index is 13.2. The van der Waals surface area contributed by atoms with Gasteiger partial charge in [-0.1, -0.05) is 23.2 Å². The molecule has 0 saturated carbocycles. The first-order valence-corrected chi connectivity index (χ1v) is 7.67. The highest BCUT2D eigenvalue weighted by Crippen LogP contribution is 2.33. The predicted octanol–water partition coefficient (Wildman–Crippen LogP) is 3.65. The van der Waals surface area contributed by atoms with Gasteiger partial charge in [-0.3, -0.25) is 4.72 Å². The van der Waals surface area contributed by atoms with Crippen LogP contribution in [0.5, 0.6) is 0 Å². The lowest BCUT2D eigenvalue weighted by molar-refractivity contribution is 0.596. The molecule has 0 atom stereocenters. The molecule has 21 heavy (non-hydrogen) atoms. The first kappa shape index (κ1) is 15.8. The third-order valence-corrected chi connectivity index (χ3v) is 4.51. The second-order valence-electron chi connectivity index (χ2n) is 4.03. The molecule has 0 radical (unpaired) electrons. The van der Waals surface area contributed by atoms with Crippen molar-refractivity contribution >= 4 is 44.6 Å². The van der Waals surface area contributed by atoms with Gasteiger partial charge in [0.05, 0.1) is 21.4 Å². The van der Waals surface area contributed by atoms with Gasteiger partial charge in [-0.2, -0.15) is 0 Å². The van der Waals surface area contributed by atoms with E-state index in [2.05, 4.69) is 4.72 Å². The van der Waals surface area contributed by atoms with Crippen LogP contribution < -0.4 is 10.5 Å². The average molecular weight is 353 g/mol. The predicted molar refractivity (Wildman–Crippen MR) is 78.0 cm³/mol. The van der Waals surface area contributed by atoms with Crippen LogP contribution in [0.25, 0.3) is 0 Å². The number of sulfonamides is 1. The van der Waals surface area contributed by atoms with Crippen LogP contribution in [-0.2, 0) is 10.0 Å². The fourth-order valence-corrected chi connectivity index (χ4v) is 3.48. The number of anilines is 2. The summed E-state index contributed by atoms with van der Waals surface area (Å²) in [7, 11) is -4.23. The third kappa shape index (κ3) is 3.37. The van der Waals surface area contributed by atoms with Crippen molar-refractivity contribution in [1.29, 1.82) is 0 Å². The van der Waals surface area contributed by atoms with Crippen molar-refractivity contribution in [2.75, 3.05) is 10.5 Å². The van der Waals surface area contributed by atoms with Crippen LogP contribution >= 0.6 is 23.2 Å². The smallest absolute Gasteiger partial charge is 0.264 e. The Kier molecular flexibility index (Phi) is 4.27. The molecule has 0 heterocycles. The minimum absolute atomic E-state index is 0.154. The fourth-order valence-electron chi connectivity index (χ4n) is 1.57. The zero-order valence-corrected chi connectivity index (χ0v) is 12.5. The molecule has 3 N–H and O–H groups in total. The second-order valence-corrected chi connectivity index (χ2v) is 6.50. The Hall–Kier alpha value is -1.57. The number of halogens is 4. The number of rotatable bonds is 3. The van der Waals surface area contributed by atoms with Crippen LogP contribution in [0.1, 0.15) is 0 Å². The fraction of sp³-hybridized carbons (Fsp3) is 0. The second kappa shape index (κ2) is 5.67. The molecule has 4 nitrogen and oxygen atoms in total. The van der Waals surface area contributed by atoms with Crippen LogP contribution in [0, 0.1) is 11.6 Å². The molecule has 0 saturated heterocycles. The van der Waals surface area contributed by atoms with Gasteiger partial charge in [-0.15, -0.1) is 0 Å². The summed E-state index contributed by atoms with van der Waals surface area (Å²) < 4.78 is 52.7. The molecule has 0 unspecified atom stereocenters. The molecular formula is C12H8Cl2F2N2O2S. The zero-order chi connectivity index (χ0) is 15.8. The van der Waals surface area contributed by atoms with Crippen molar-refractivity contribution < 1.29 is 17.2 Å². The van der Waals surface area contributed by atoms with Crippen LogP contribution in [0.4, 0.5) is 20.2 Å². The van der Waals surface area contributed by atoms with Crippen LogP contribution in [0.15, 0.2) is 35.2 Å². The molecule has 0 bridgehead atoms. The van der Waals surface area contributed by atoms with Crippen molar-refractivity contribution in [2.45, 2.75) is 4.90 Å². The van der Waals surface area contributed by atoms with E-state index in [0.29, 0.717) is 0 Å².